The second-order valence-corrected chi connectivity index (χ2v) is 6.70. The molecule has 0 bridgehead atoms. The molecule has 0 radical (unpaired) electrons. The fraction of sp³-hybridized carbons (Fsp3) is 0. The highest BCUT2D eigenvalue weighted by atomic mass is 32.2. The summed E-state index contributed by atoms with van der Waals surface area (Å²) in [6.45, 7) is 0. The topological polar surface area (TPSA) is 87.2 Å². The number of nitrogens with zero attached hydrogens (tertiary/aromatic N) is 3. The maximum Gasteiger partial charge on any atom is 0.270 e. The number of nitro groups is 1. The lowest BCUT2D eigenvalue weighted by Crippen LogP contribution is -2.27. The fourth-order valence-corrected chi connectivity index (χ4v) is 3.52. The highest BCUT2D eigenvalue weighted by Crippen LogP contribution is 2.36. The molecule has 25 heavy (non-hydrogen) atoms. The van der Waals surface area contributed by atoms with Crippen molar-refractivity contribution in [2.45, 2.75) is 0 Å². The van der Waals surface area contributed by atoms with Crippen LogP contribution in [0.4, 0.5) is 11.4 Å². The lowest BCUT2D eigenvalue weighted by molar-refractivity contribution is -0.384. The molecule has 1 amide bonds. The Morgan fingerprint density at radius 3 is 2.36 bits per heavy atom. The van der Waals surface area contributed by atoms with E-state index in [0.717, 1.165) is 17.3 Å². The Morgan fingerprint density at radius 2 is 1.80 bits per heavy atom. The predicted molar refractivity (Wildman–Crippen MR) is 99.9 cm³/mol. The summed E-state index contributed by atoms with van der Waals surface area (Å²) in [6.07, 6.45) is 1.70. The molecule has 0 saturated carbocycles. The van der Waals surface area contributed by atoms with Crippen LogP contribution in [0.1, 0.15) is 11.1 Å². The van der Waals surface area contributed by atoms with Crippen molar-refractivity contribution in [3.05, 3.63) is 74.7 Å². The quantitative estimate of drug-likeness (QED) is 0.354. The normalized spacial score (nSPS) is 15.5. The summed E-state index contributed by atoms with van der Waals surface area (Å²) < 4.78 is 0.360. The molecule has 0 aromatic heterocycles. The number of nitro benzene ring substituents is 1. The number of hydrogen-bond acceptors (Lipinski definition) is 6. The Hall–Kier alpha value is -3.02. The van der Waals surface area contributed by atoms with E-state index in [1.165, 1.54) is 29.2 Å². The molecular formula is C17H9N3O3S2. The number of amides is 1. The van der Waals surface area contributed by atoms with E-state index >= 15 is 0 Å². The molecule has 8 heteroatoms. The largest absolute Gasteiger partial charge is 0.270 e. The lowest BCUT2D eigenvalue weighted by Gasteiger charge is -2.13. The predicted octanol–water partition coefficient (Wildman–Crippen LogP) is 3.87. The van der Waals surface area contributed by atoms with Crippen LogP contribution < -0.4 is 4.90 Å². The first kappa shape index (κ1) is 16.8. The second kappa shape index (κ2) is 6.84. The third-order valence-corrected chi connectivity index (χ3v) is 4.75. The fourth-order valence-electron chi connectivity index (χ4n) is 2.22. The van der Waals surface area contributed by atoms with E-state index in [1.54, 1.807) is 30.3 Å². The molecule has 0 aliphatic carbocycles. The summed E-state index contributed by atoms with van der Waals surface area (Å²) in [4.78, 5) is 24.7. The molecule has 0 spiro atoms. The maximum atomic E-state index is 12.6. The summed E-state index contributed by atoms with van der Waals surface area (Å²) in [5, 5.41) is 19.5. The van der Waals surface area contributed by atoms with Gasteiger partial charge >= 0.3 is 0 Å². The van der Waals surface area contributed by atoms with Gasteiger partial charge in [-0.2, -0.15) is 5.26 Å². The van der Waals surface area contributed by atoms with E-state index in [4.69, 9.17) is 17.5 Å². The van der Waals surface area contributed by atoms with Crippen molar-refractivity contribution in [3.63, 3.8) is 0 Å². The maximum absolute atomic E-state index is 12.6. The second-order valence-electron chi connectivity index (χ2n) is 5.02. The van der Waals surface area contributed by atoms with Crippen molar-refractivity contribution in [1.82, 2.24) is 0 Å². The minimum Gasteiger partial charge on any atom is -0.268 e. The van der Waals surface area contributed by atoms with E-state index < -0.39 is 4.92 Å². The Kier molecular flexibility index (Phi) is 4.61. The smallest absolute Gasteiger partial charge is 0.268 e. The minimum absolute atomic E-state index is 0.0534. The molecule has 2 aromatic carbocycles. The van der Waals surface area contributed by atoms with Gasteiger partial charge in [0.05, 0.1) is 27.1 Å². The van der Waals surface area contributed by atoms with E-state index in [9.17, 15) is 14.9 Å². The zero-order chi connectivity index (χ0) is 18.0. The van der Waals surface area contributed by atoms with Gasteiger partial charge in [0.25, 0.3) is 11.6 Å². The SMILES string of the molecule is N#Cc1ccc(/C=C2/SC(=S)N(c3ccc([N+](=O)[O-])cc3)C2=O)cc1. The standard InChI is InChI=1S/C17H9N3O3S2/c18-10-12-3-1-11(2-4-12)9-15-16(21)19(17(24)25-15)13-5-7-14(8-6-13)20(22)23/h1-9H/b15-9+. The van der Waals surface area contributed by atoms with E-state index in [0.29, 0.717) is 20.5 Å². The van der Waals surface area contributed by atoms with Gasteiger partial charge in [-0.15, -0.1) is 0 Å². The van der Waals surface area contributed by atoms with Crippen LogP contribution in [0.25, 0.3) is 6.08 Å². The van der Waals surface area contributed by atoms with Crippen molar-refractivity contribution >= 4 is 51.7 Å². The summed E-state index contributed by atoms with van der Waals surface area (Å²) >= 11 is 6.43. The van der Waals surface area contributed by atoms with Crippen LogP contribution in [0.15, 0.2) is 53.4 Å². The summed E-state index contributed by atoms with van der Waals surface area (Å²) in [5.41, 5.74) is 1.75. The van der Waals surface area contributed by atoms with Gasteiger partial charge in [0.1, 0.15) is 0 Å². The van der Waals surface area contributed by atoms with Gasteiger partial charge in [-0.3, -0.25) is 19.8 Å². The van der Waals surface area contributed by atoms with Crippen LogP contribution in [0.3, 0.4) is 0 Å². The first-order valence-electron chi connectivity index (χ1n) is 7.02. The van der Waals surface area contributed by atoms with Crippen LogP contribution >= 0.6 is 24.0 Å². The number of carbonyl (C=O) groups excluding carboxylic acids is 1. The molecule has 1 heterocycles. The minimum atomic E-state index is -0.501. The number of benzene rings is 2. The zero-order valence-electron chi connectivity index (χ0n) is 12.6. The Morgan fingerprint density at radius 1 is 1.16 bits per heavy atom. The van der Waals surface area contributed by atoms with E-state index in [-0.39, 0.29) is 11.6 Å². The highest BCUT2D eigenvalue weighted by molar-refractivity contribution is 8.27. The lowest BCUT2D eigenvalue weighted by atomic mass is 10.1. The molecule has 0 atom stereocenters. The average molecular weight is 367 g/mol. The highest BCUT2D eigenvalue weighted by Gasteiger charge is 2.33. The molecule has 0 N–H and O–H groups in total. The van der Waals surface area contributed by atoms with Gasteiger partial charge in [0.15, 0.2) is 4.32 Å². The zero-order valence-corrected chi connectivity index (χ0v) is 14.2. The molecule has 122 valence electrons. The van der Waals surface area contributed by atoms with Crippen LogP contribution in [0, 0.1) is 21.4 Å². The number of anilines is 1. The van der Waals surface area contributed by atoms with Gasteiger partial charge in [-0.1, -0.05) is 36.1 Å². The molecule has 1 fully saturated rings. The molecule has 6 nitrogen and oxygen atoms in total. The molecule has 3 rings (SSSR count). The van der Waals surface area contributed by atoms with Crippen molar-refractivity contribution in [2.75, 3.05) is 4.90 Å². The number of thiocarbonyl (C=S) groups is 1. The van der Waals surface area contributed by atoms with Crippen LogP contribution in [-0.2, 0) is 4.79 Å². The van der Waals surface area contributed by atoms with Gasteiger partial charge < -0.3 is 0 Å². The third kappa shape index (κ3) is 3.42. The molecule has 0 unspecified atom stereocenters. The molecule has 1 saturated heterocycles. The monoisotopic (exact) mass is 367 g/mol. The molecule has 1 aliphatic rings. The number of nitriles is 1. The van der Waals surface area contributed by atoms with E-state index in [1.807, 2.05) is 6.07 Å². The number of hydrogen-bond donors (Lipinski definition) is 0. The van der Waals surface area contributed by atoms with Gasteiger partial charge in [-0.25, -0.2) is 0 Å². The third-order valence-electron chi connectivity index (χ3n) is 3.45. The van der Waals surface area contributed by atoms with Crippen LogP contribution in [0.2, 0.25) is 0 Å². The number of rotatable bonds is 3. The molecule has 2 aromatic rings. The van der Waals surface area contributed by atoms with Crippen molar-refractivity contribution in [3.8, 4) is 6.07 Å². The first-order valence-corrected chi connectivity index (χ1v) is 8.24. The summed E-state index contributed by atoms with van der Waals surface area (Å²) in [6, 6.07) is 14.5. The Bertz CT molecular complexity index is 945. The summed E-state index contributed by atoms with van der Waals surface area (Å²) in [7, 11) is 0. The number of thioether (sulfide) groups is 1. The van der Waals surface area contributed by atoms with Crippen LogP contribution in [0.5, 0.6) is 0 Å². The first-order chi connectivity index (χ1) is 12.0. The van der Waals surface area contributed by atoms with E-state index in [2.05, 4.69) is 0 Å². The Balaban J connectivity index is 1.87. The van der Waals surface area contributed by atoms with Gasteiger partial charge in [-0.05, 0) is 35.9 Å². The molecular weight excluding hydrogens is 358 g/mol. The molecule has 1 aliphatic heterocycles. The van der Waals surface area contributed by atoms with Crippen LogP contribution in [-0.4, -0.2) is 15.2 Å². The van der Waals surface area contributed by atoms with Crippen molar-refractivity contribution in [2.24, 2.45) is 0 Å². The van der Waals surface area contributed by atoms with Gasteiger partial charge in [0, 0.05) is 12.1 Å². The van der Waals surface area contributed by atoms with Crippen molar-refractivity contribution < 1.29 is 9.72 Å². The van der Waals surface area contributed by atoms with Crippen molar-refractivity contribution in [1.29, 1.82) is 5.26 Å². The Labute approximate surface area is 152 Å². The van der Waals surface area contributed by atoms with Gasteiger partial charge in [0.2, 0.25) is 0 Å². The number of non-ortho nitro benzene ring substituents is 1. The summed E-state index contributed by atoms with van der Waals surface area (Å²) in [5.74, 6) is -0.284. The average Bonchev–Trinajstić information content (AvgIpc) is 2.89. The number of carbonyl (C=O) groups is 1.